The second kappa shape index (κ2) is 5.52. The van der Waals surface area contributed by atoms with Crippen molar-refractivity contribution >= 4 is 11.9 Å². The van der Waals surface area contributed by atoms with E-state index in [1.54, 1.807) is 26.0 Å². The van der Waals surface area contributed by atoms with Crippen LogP contribution in [0, 0.1) is 5.41 Å². The standard InChI is InChI=1S/C12H16O4/c1-3-15-10(13)12(11(14)16-4-2)8-6-5-7-9-12/h6-7H,3-4,8-9H2,1-2H3. The fourth-order valence-electron chi connectivity index (χ4n) is 1.59. The van der Waals surface area contributed by atoms with Crippen LogP contribution in [0.25, 0.3) is 0 Å². The van der Waals surface area contributed by atoms with E-state index in [2.05, 4.69) is 5.73 Å². The monoisotopic (exact) mass is 224 g/mol. The zero-order valence-electron chi connectivity index (χ0n) is 9.62. The van der Waals surface area contributed by atoms with Crippen molar-refractivity contribution in [3.63, 3.8) is 0 Å². The van der Waals surface area contributed by atoms with Crippen molar-refractivity contribution < 1.29 is 19.1 Å². The Hall–Kier alpha value is -1.54. The summed E-state index contributed by atoms with van der Waals surface area (Å²) in [6.45, 7) is 3.94. The van der Waals surface area contributed by atoms with Crippen molar-refractivity contribution in [2.75, 3.05) is 13.2 Å². The zero-order valence-corrected chi connectivity index (χ0v) is 9.62. The van der Waals surface area contributed by atoms with Crippen molar-refractivity contribution in [1.29, 1.82) is 0 Å². The number of ether oxygens (including phenoxy) is 2. The van der Waals surface area contributed by atoms with E-state index in [9.17, 15) is 9.59 Å². The number of hydrogen-bond acceptors (Lipinski definition) is 4. The Morgan fingerprint density at radius 1 is 1.12 bits per heavy atom. The molecular weight excluding hydrogens is 208 g/mol. The van der Waals surface area contributed by atoms with Gasteiger partial charge in [0, 0.05) is 0 Å². The van der Waals surface area contributed by atoms with E-state index in [0.717, 1.165) is 0 Å². The predicted octanol–water partition coefficient (Wildman–Crippen LogP) is 1.60. The average Bonchev–Trinajstić information content (AvgIpc) is 2.30. The second-order valence-corrected chi connectivity index (χ2v) is 3.51. The summed E-state index contributed by atoms with van der Waals surface area (Å²) >= 11 is 0. The molecule has 0 aromatic carbocycles. The van der Waals surface area contributed by atoms with Crippen LogP contribution in [0.15, 0.2) is 17.9 Å². The van der Waals surface area contributed by atoms with Crippen LogP contribution >= 0.6 is 0 Å². The molecule has 1 rings (SSSR count). The average molecular weight is 224 g/mol. The molecule has 1 aliphatic carbocycles. The van der Waals surface area contributed by atoms with E-state index in [1.165, 1.54) is 0 Å². The SMILES string of the molecule is CCOC(=O)C1(C(=O)OCC)CC=C=CC1. The molecule has 0 aromatic heterocycles. The molecule has 0 spiro atoms. The number of carbonyl (C=O) groups excluding carboxylic acids is 2. The van der Waals surface area contributed by atoms with Gasteiger partial charge in [0.25, 0.3) is 0 Å². The van der Waals surface area contributed by atoms with E-state index < -0.39 is 17.4 Å². The highest BCUT2D eigenvalue weighted by Crippen LogP contribution is 2.33. The van der Waals surface area contributed by atoms with Crippen molar-refractivity contribution in [3.05, 3.63) is 17.9 Å². The van der Waals surface area contributed by atoms with Crippen LogP contribution in [-0.4, -0.2) is 25.2 Å². The number of esters is 2. The summed E-state index contributed by atoms with van der Waals surface area (Å²) in [4.78, 5) is 23.7. The highest BCUT2D eigenvalue weighted by Gasteiger charge is 2.47. The van der Waals surface area contributed by atoms with Gasteiger partial charge < -0.3 is 9.47 Å². The summed E-state index contributed by atoms with van der Waals surface area (Å²) in [7, 11) is 0. The maximum Gasteiger partial charge on any atom is 0.324 e. The van der Waals surface area contributed by atoms with Crippen molar-refractivity contribution in [3.8, 4) is 0 Å². The first kappa shape index (κ1) is 12.5. The Balaban J connectivity index is 2.89. The number of hydrogen-bond donors (Lipinski definition) is 0. The minimum Gasteiger partial charge on any atom is -0.465 e. The Kier molecular flexibility index (Phi) is 4.32. The van der Waals surface area contributed by atoms with Gasteiger partial charge >= 0.3 is 11.9 Å². The van der Waals surface area contributed by atoms with Crippen LogP contribution in [0.2, 0.25) is 0 Å². The minimum absolute atomic E-state index is 0.257. The van der Waals surface area contributed by atoms with Crippen molar-refractivity contribution in [1.82, 2.24) is 0 Å². The van der Waals surface area contributed by atoms with Gasteiger partial charge in [-0.15, -0.1) is 5.73 Å². The predicted molar refractivity (Wildman–Crippen MR) is 57.6 cm³/mol. The molecule has 0 saturated carbocycles. The number of rotatable bonds is 4. The largest absolute Gasteiger partial charge is 0.465 e. The lowest BCUT2D eigenvalue weighted by atomic mass is 9.79. The van der Waals surface area contributed by atoms with Gasteiger partial charge in [0.15, 0.2) is 5.41 Å². The number of carbonyl (C=O) groups is 2. The molecule has 0 aromatic rings. The van der Waals surface area contributed by atoms with Crippen molar-refractivity contribution in [2.24, 2.45) is 5.41 Å². The summed E-state index contributed by atoms with van der Waals surface area (Å²) in [5.41, 5.74) is 1.67. The van der Waals surface area contributed by atoms with Crippen LogP contribution in [-0.2, 0) is 19.1 Å². The topological polar surface area (TPSA) is 52.6 Å². The van der Waals surface area contributed by atoms with E-state index in [1.807, 2.05) is 0 Å². The fraction of sp³-hybridized carbons (Fsp3) is 0.583. The molecule has 1 aliphatic rings. The fourth-order valence-corrected chi connectivity index (χ4v) is 1.59. The molecule has 4 heteroatoms. The van der Waals surface area contributed by atoms with Gasteiger partial charge in [-0.05, 0) is 38.8 Å². The van der Waals surface area contributed by atoms with Crippen LogP contribution < -0.4 is 0 Å². The third-order valence-corrected chi connectivity index (χ3v) is 2.47. The lowest BCUT2D eigenvalue weighted by Gasteiger charge is -2.27. The van der Waals surface area contributed by atoms with E-state index in [4.69, 9.17) is 9.47 Å². The molecule has 4 nitrogen and oxygen atoms in total. The molecule has 0 N–H and O–H groups in total. The molecule has 0 radical (unpaired) electrons. The molecular formula is C12H16O4. The minimum atomic E-state index is -1.20. The van der Waals surface area contributed by atoms with Gasteiger partial charge in [-0.3, -0.25) is 9.59 Å². The third-order valence-electron chi connectivity index (χ3n) is 2.47. The molecule has 0 fully saturated rings. The summed E-state index contributed by atoms with van der Waals surface area (Å²) < 4.78 is 9.89. The molecule has 0 saturated heterocycles. The highest BCUT2D eigenvalue weighted by molar-refractivity contribution is 6.00. The second-order valence-electron chi connectivity index (χ2n) is 3.51. The van der Waals surface area contributed by atoms with Gasteiger partial charge in [-0.2, -0.15) is 0 Å². The Morgan fingerprint density at radius 3 is 1.94 bits per heavy atom. The molecule has 0 unspecified atom stereocenters. The molecule has 0 heterocycles. The normalized spacial score (nSPS) is 16.9. The van der Waals surface area contributed by atoms with Crippen LogP contribution in [0.3, 0.4) is 0 Å². The lowest BCUT2D eigenvalue weighted by molar-refractivity contribution is -0.171. The first-order valence-corrected chi connectivity index (χ1v) is 5.41. The van der Waals surface area contributed by atoms with Crippen LogP contribution in [0.1, 0.15) is 26.7 Å². The molecule has 0 bridgehead atoms. The quantitative estimate of drug-likeness (QED) is 0.413. The summed E-state index contributed by atoms with van der Waals surface area (Å²) in [5, 5.41) is 0. The van der Waals surface area contributed by atoms with Crippen LogP contribution in [0.4, 0.5) is 0 Å². The van der Waals surface area contributed by atoms with E-state index >= 15 is 0 Å². The van der Waals surface area contributed by atoms with Gasteiger partial charge in [0.1, 0.15) is 0 Å². The van der Waals surface area contributed by atoms with Gasteiger partial charge in [-0.25, -0.2) is 0 Å². The molecule has 88 valence electrons. The van der Waals surface area contributed by atoms with E-state index in [0.29, 0.717) is 12.8 Å². The Labute approximate surface area is 94.9 Å². The molecule has 0 atom stereocenters. The third kappa shape index (κ3) is 2.34. The van der Waals surface area contributed by atoms with Gasteiger partial charge in [0.2, 0.25) is 0 Å². The summed E-state index contributed by atoms with van der Waals surface area (Å²) in [5.74, 6) is -1.02. The zero-order chi connectivity index (χ0) is 12.0. The maximum atomic E-state index is 11.8. The highest BCUT2D eigenvalue weighted by atomic mass is 16.6. The maximum absolute atomic E-state index is 11.8. The van der Waals surface area contributed by atoms with Gasteiger partial charge in [0.05, 0.1) is 13.2 Å². The lowest BCUT2D eigenvalue weighted by Crippen LogP contribution is -2.42. The molecule has 0 amide bonds. The molecule has 0 aliphatic heterocycles. The first-order valence-electron chi connectivity index (χ1n) is 5.41. The summed E-state index contributed by atoms with van der Waals surface area (Å²) in [6, 6.07) is 0. The summed E-state index contributed by atoms with van der Waals surface area (Å²) in [6.07, 6.45) is 3.91. The first-order chi connectivity index (χ1) is 7.67. The van der Waals surface area contributed by atoms with Crippen LogP contribution in [0.5, 0.6) is 0 Å². The van der Waals surface area contributed by atoms with Crippen molar-refractivity contribution in [2.45, 2.75) is 26.7 Å². The Morgan fingerprint density at radius 2 is 1.56 bits per heavy atom. The molecule has 16 heavy (non-hydrogen) atoms. The van der Waals surface area contributed by atoms with Gasteiger partial charge in [-0.1, -0.05) is 0 Å². The Bertz CT molecular complexity index is 307. The van der Waals surface area contributed by atoms with E-state index in [-0.39, 0.29) is 13.2 Å². The smallest absolute Gasteiger partial charge is 0.324 e. The number of allylic oxidation sites excluding steroid dienone is 1.